The lowest BCUT2D eigenvalue weighted by atomic mass is 10.2. The largest absolute Gasteiger partial charge is 0.418 e. The lowest BCUT2D eigenvalue weighted by Gasteiger charge is -2.14. The van der Waals surface area contributed by atoms with E-state index in [0.29, 0.717) is 11.6 Å². The molecular weight excluding hydrogens is 399 g/mol. The van der Waals surface area contributed by atoms with E-state index < -0.39 is 11.7 Å². The van der Waals surface area contributed by atoms with Gasteiger partial charge in [-0.2, -0.15) is 13.2 Å². The highest BCUT2D eigenvalue weighted by atomic mass is 35.5. The first kappa shape index (κ1) is 19.1. The van der Waals surface area contributed by atoms with Gasteiger partial charge in [0, 0.05) is 5.02 Å². The highest BCUT2D eigenvalue weighted by Gasteiger charge is 2.33. The highest BCUT2D eigenvalue weighted by Crippen LogP contribution is 2.34. The molecule has 2 N–H and O–H groups in total. The molecule has 0 amide bonds. The summed E-state index contributed by atoms with van der Waals surface area (Å²) in [7, 11) is 0. The number of nitrogens with zero attached hydrogens (tertiary/aromatic N) is 3. The molecule has 3 rings (SSSR count). The van der Waals surface area contributed by atoms with Crippen LogP contribution < -0.4 is 10.6 Å². The number of thiocarbonyl (C=S) groups is 1. The molecule has 0 atom stereocenters. The number of hydrogen-bond acceptors (Lipinski definition) is 3. The molecule has 0 aliphatic heterocycles. The molecule has 0 bridgehead atoms. The van der Waals surface area contributed by atoms with Gasteiger partial charge in [0.2, 0.25) is 5.95 Å². The van der Waals surface area contributed by atoms with Crippen LogP contribution in [0.15, 0.2) is 54.9 Å². The van der Waals surface area contributed by atoms with Crippen LogP contribution in [0.1, 0.15) is 11.1 Å². The smallest absolute Gasteiger partial charge is 0.332 e. The average molecular weight is 412 g/mol. The third-order valence-corrected chi connectivity index (χ3v) is 4.11. The summed E-state index contributed by atoms with van der Waals surface area (Å²) in [6.07, 6.45) is -3.02. The van der Waals surface area contributed by atoms with E-state index in [4.69, 9.17) is 23.8 Å². The Kier molecular flexibility index (Phi) is 5.62. The molecule has 0 saturated carbocycles. The van der Waals surface area contributed by atoms with Crippen molar-refractivity contribution >= 4 is 40.6 Å². The van der Waals surface area contributed by atoms with Gasteiger partial charge in [0.15, 0.2) is 5.11 Å². The fraction of sp³-hybridized carbons (Fsp3) is 0.118. The SMILES string of the molecule is FC(F)(F)c1ccccc1NC(=S)Nc1ncn(Cc2ccccc2Cl)n1. The molecule has 0 unspecified atom stereocenters. The van der Waals surface area contributed by atoms with Crippen molar-refractivity contribution in [2.45, 2.75) is 12.7 Å². The summed E-state index contributed by atoms with van der Waals surface area (Å²) in [5, 5.41) is 9.92. The second-order valence-electron chi connectivity index (χ2n) is 5.48. The molecule has 0 aliphatic rings. The Morgan fingerprint density at radius 1 is 1.07 bits per heavy atom. The summed E-state index contributed by atoms with van der Waals surface area (Å²) in [4.78, 5) is 4.04. The Hall–Kier alpha value is -2.65. The topological polar surface area (TPSA) is 54.8 Å². The lowest BCUT2D eigenvalue weighted by molar-refractivity contribution is -0.136. The standard InChI is InChI=1S/C17H13ClF3N5S/c18-13-7-3-1-5-11(13)9-26-10-22-15(25-26)24-16(27)23-14-8-4-2-6-12(14)17(19,20)21/h1-8,10H,9H2,(H2,23,24,25,27). The number of aromatic nitrogens is 3. The van der Waals surface area contributed by atoms with E-state index in [-0.39, 0.29) is 16.7 Å². The van der Waals surface area contributed by atoms with E-state index in [2.05, 4.69) is 20.7 Å². The molecule has 0 fully saturated rings. The Morgan fingerprint density at radius 2 is 1.78 bits per heavy atom. The van der Waals surface area contributed by atoms with Gasteiger partial charge in [-0.3, -0.25) is 5.32 Å². The highest BCUT2D eigenvalue weighted by molar-refractivity contribution is 7.80. The first-order chi connectivity index (χ1) is 12.8. The molecule has 1 heterocycles. The maximum Gasteiger partial charge on any atom is 0.418 e. The molecule has 140 valence electrons. The van der Waals surface area contributed by atoms with Crippen LogP contribution in [0.4, 0.5) is 24.8 Å². The summed E-state index contributed by atoms with van der Waals surface area (Å²) < 4.78 is 40.6. The second kappa shape index (κ2) is 7.93. The molecule has 0 saturated heterocycles. The molecule has 0 aliphatic carbocycles. The molecule has 5 nitrogen and oxygen atoms in total. The van der Waals surface area contributed by atoms with Gasteiger partial charge in [-0.05, 0) is 36.0 Å². The van der Waals surface area contributed by atoms with Gasteiger partial charge in [0.05, 0.1) is 17.8 Å². The number of alkyl halides is 3. The van der Waals surface area contributed by atoms with Gasteiger partial charge in [0.25, 0.3) is 0 Å². The van der Waals surface area contributed by atoms with Crippen LogP contribution in [-0.2, 0) is 12.7 Å². The zero-order valence-electron chi connectivity index (χ0n) is 13.7. The minimum Gasteiger partial charge on any atom is -0.332 e. The molecule has 2 aromatic carbocycles. The number of hydrogen-bond donors (Lipinski definition) is 2. The number of rotatable bonds is 4. The van der Waals surface area contributed by atoms with E-state index >= 15 is 0 Å². The van der Waals surface area contributed by atoms with Crippen molar-refractivity contribution < 1.29 is 13.2 Å². The summed E-state index contributed by atoms with van der Waals surface area (Å²) in [5.41, 5.74) is -0.111. The van der Waals surface area contributed by atoms with Crippen LogP contribution in [-0.4, -0.2) is 19.9 Å². The summed E-state index contributed by atoms with van der Waals surface area (Å²) in [5.74, 6) is 0.157. The Balaban J connectivity index is 1.66. The monoisotopic (exact) mass is 411 g/mol. The van der Waals surface area contributed by atoms with Crippen molar-refractivity contribution in [3.05, 3.63) is 71.0 Å². The van der Waals surface area contributed by atoms with Crippen LogP contribution in [0.2, 0.25) is 5.02 Å². The molecule has 3 aromatic rings. The fourth-order valence-electron chi connectivity index (χ4n) is 2.32. The summed E-state index contributed by atoms with van der Waals surface area (Å²) >= 11 is 11.2. The predicted molar refractivity (Wildman–Crippen MR) is 102 cm³/mol. The van der Waals surface area contributed by atoms with Crippen molar-refractivity contribution in [2.24, 2.45) is 0 Å². The molecule has 1 aromatic heterocycles. The molecule has 27 heavy (non-hydrogen) atoms. The second-order valence-corrected chi connectivity index (χ2v) is 6.30. The van der Waals surface area contributed by atoms with Gasteiger partial charge < -0.3 is 5.32 Å². The third kappa shape index (κ3) is 4.95. The van der Waals surface area contributed by atoms with E-state index in [1.807, 2.05) is 18.2 Å². The van der Waals surface area contributed by atoms with Gasteiger partial charge >= 0.3 is 6.18 Å². The Labute approximate surface area is 163 Å². The number of halogens is 4. The zero-order chi connectivity index (χ0) is 19.4. The maximum atomic E-state index is 13.0. The van der Waals surface area contributed by atoms with Crippen LogP contribution in [0, 0.1) is 0 Å². The zero-order valence-corrected chi connectivity index (χ0v) is 15.2. The van der Waals surface area contributed by atoms with Crippen molar-refractivity contribution in [2.75, 3.05) is 10.6 Å². The average Bonchev–Trinajstić information content (AvgIpc) is 3.03. The van der Waals surface area contributed by atoms with Gasteiger partial charge in [-0.25, -0.2) is 9.67 Å². The minimum absolute atomic E-state index is 0.0535. The first-order valence-corrected chi connectivity index (χ1v) is 8.48. The summed E-state index contributed by atoms with van der Waals surface area (Å²) in [6, 6.07) is 12.4. The third-order valence-electron chi connectivity index (χ3n) is 3.53. The molecule has 10 heteroatoms. The predicted octanol–water partition coefficient (Wildman–Crippen LogP) is 4.81. The van der Waals surface area contributed by atoms with Crippen LogP contribution in [0.3, 0.4) is 0 Å². The maximum absolute atomic E-state index is 13.0. The van der Waals surface area contributed by atoms with Crippen molar-refractivity contribution in [1.82, 2.24) is 14.8 Å². The number of nitrogens with one attached hydrogen (secondary N) is 2. The van der Waals surface area contributed by atoms with E-state index in [0.717, 1.165) is 11.6 Å². The Morgan fingerprint density at radius 3 is 2.52 bits per heavy atom. The quantitative estimate of drug-likeness (QED) is 0.603. The first-order valence-electron chi connectivity index (χ1n) is 7.70. The fourth-order valence-corrected chi connectivity index (χ4v) is 2.72. The van der Waals surface area contributed by atoms with Gasteiger partial charge in [-0.15, -0.1) is 5.10 Å². The normalized spacial score (nSPS) is 11.3. The molecule has 0 radical (unpaired) electrons. The summed E-state index contributed by atoms with van der Waals surface area (Å²) in [6.45, 7) is 0.394. The van der Waals surface area contributed by atoms with Crippen LogP contribution in [0.5, 0.6) is 0 Å². The molecular formula is C17H13ClF3N5S. The van der Waals surface area contributed by atoms with E-state index in [1.54, 1.807) is 6.07 Å². The van der Waals surface area contributed by atoms with Crippen molar-refractivity contribution in [3.8, 4) is 0 Å². The Bertz CT molecular complexity index is 957. The van der Waals surface area contributed by atoms with Crippen molar-refractivity contribution in [3.63, 3.8) is 0 Å². The van der Waals surface area contributed by atoms with Gasteiger partial charge in [0.1, 0.15) is 6.33 Å². The van der Waals surface area contributed by atoms with Crippen LogP contribution >= 0.6 is 23.8 Å². The number of benzene rings is 2. The van der Waals surface area contributed by atoms with E-state index in [9.17, 15) is 13.2 Å². The van der Waals surface area contributed by atoms with E-state index in [1.165, 1.54) is 29.2 Å². The van der Waals surface area contributed by atoms with Gasteiger partial charge in [-0.1, -0.05) is 41.9 Å². The van der Waals surface area contributed by atoms with Crippen molar-refractivity contribution in [1.29, 1.82) is 0 Å². The minimum atomic E-state index is -4.49. The lowest BCUT2D eigenvalue weighted by Crippen LogP contribution is -2.22. The number of anilines is 2. The molecule has 0 spiro atoms. The van der Waals surface area contributed by atoms with Crippen LogP contribution in [0.25, 0.3) is 0 Å². The number of para-hydroxylation sites is 1.